The van der Waals surface area contributed by atoms with E-state index in [4.69, 9.17) is 15.2 Å². The van der Waals surface area contributed by atoms with Crippen molar-refractivity contribution in [2.24, 2.45) is 0 Å². The third-order valence-electron chi connectivity index (χ3n) is 4.48. The second-order valence-electron chi connectivity index (χ2n) is 6.45. The third-order valence-corrected chi connectivity index (χ3v) is 7.11. The second-order valence-corrected chi connectivity index (χ2v) is 9.13. The van der Waals surface area contributed by atoms with Gasteiger partial charge in [-0.1, -0.05) is 0 Å². The van der Waals surface area contributed by atoms with Gasteiger partial charge in [-0.2, -0.15) is 5.10 Å². The van der Waals surface area contributed by atoms with Crippen LogP contribution in [0, 0.1) is 5.82 Å². The molecule has 1 aromatic heterocycles. The highest BCUT2D eigenvalue weighted by Gasteiger charge is 2.29. The minimum absolute atomic E-state index is 0.124. The number of sulfone groups is 1. The van der Waals surface area contributed by atoms with E-state index in [1.807, 2.05) is 0 Å². The lowest BCUT2D eigenvalue weighted by Gasteiger charge is -2.12. The maximum absolute atomic E-state index is 13.2. The molecule has 1 heterocycles. The van der Waals surface area contributed by atoms with Gasteiger partial charge in [-0.05, 0) is 42.7 Å². The highest BCUT2D eigenvalue weighted by molar-refractivity contribution is 7.99. The molecule has 0 saturated carbocycles. The molecule has 3 N–H and O–H groups in total. The average molecular weight is 481 g/mol. The Labute approximate surface area is 188 Å². The zero-order valence-corrected chi connectivity index (χ0v) is 19.1. The minimum Gasteiger partial charge on any atom is -0.497 e. The van der Waals surface area contributed by atoms with Gasteiger partial charge in [0.05, 0.1) is 24.8 Å². The molecule has 0 radical (unpaired) electrons. The molecule has 1 amide bonds. The number of benzene rings is 2. The number of carbonyl (C=O) groups excluding carboxylic acids is 1. The monoisotopic (exact) mass is 480 g/mol. The van der Waals surface area contributed by atoms with Gasteiger partial charge in [0, 0.05) is 6.07 Å². The summed E-state index contributed by atoms with van der Waals surface area (Å²) in [5.41, 5.74) is 6.45. The molecule has 0 aliphatic rings. The number of carbonyl (C=O) groups is 1. The predicted molar refractivity (Wildman–Crippen MR) is 118 cm³/mol. The molecule has 0 fully saturated rings. The summed E-state index contributed by atoms with van der Waals surface area (Å²) in [5, 5.41) is 6.98. The van der Waals surface area contributed by atoms with E-state index in [-0.39, 0.29) is 27.2 Å². The van der Waals surface area contributed by atoms with Gasteiger partial charge in [-0.3, -0.25) is 4.79 Å². The Morgan fingerprint density at radius 1 is 1.19 bits per heavy atom. The lowest BCUT2D eigenvalue weighted by molar-refractivity contribution is -0.116. The smallest absolute Gasteiger partial charge is 0.246 e. The number of halogens is 1. The highest BCUT2D eigenvalue weighted by atomic mass is 32.2. The molecule has 170 valence electrons. The molecule has 9 nitrogen and oxygen atoms in total. The first-order chi connectivity index (χ1) is 15.2. The molecule has 0 aliphatic heterocycles. The zero-order valence-electron chi connectivity index (χ0n) is 17.5. The predicted octanol–water partition coefficient (Wildman–Crippen LogP) is 2.82. The van der Waals surface area contributed by atoms with Gasteiger partial charge in [0.2, 0.25) is 15.7 Å². The van der Waals surface area contributed by atoms with Crippen LogP contribution in [0.2, 0.25) is 0 Å². The maximum Gasteiger partial charge on any atom is 0.246 e. The Balaban J connectivity index is 1.91. The highest BCUT2D eigenvalue weighted by Crippen LogP contribution is 2.34. The molecular weight excluding hydrogens is 459 g/mol. The first-order valence-corrected chi connectivity index (χ1v) is 11.8. The van der Waals surface area contributed by atoms with Crippen molar-refractivity contribution in [3.8, 4) is 11.5 Å². The fourth-order valence-corrected chi connectivity index (χ4v) is 5.34. The summed E-state index contributed by atoms with van der Waals surface area (Å²) in [7, 11) is -1.14. The summed E-state index contributed by atoms with van der Waals surface area (Å²) in [6.07, 6.45) is 1.64. The lowest BCUT2D eigenvalue weighted by Crippen LogP contribution is -2.21. The van der Waals surface area contributed by atoms with E-state index in [0.29, 0.717) is 17.2 Å². The summed E-state index contributed by atoms with van der Waals surface area (Å²) >= 11 is 1.06. The van der Waals surface area contributed by atoms with Gasteiger partial charge >= 0.3 is 0 Å². The number of aromatic nitrogens is 2. The van der Waals surface area contributed by atoms with Crippen molar-refractivity contribution < 1.29 is 27.1 Å². The minimum atomic E-state index is -4.09. The Hall–Kier alpha value is -3.25. The van der Waals surface area contributed by atoms with Gasteiger partial charge in [0.1, 0.15) is 39.6 Å². The number of ether oxygens (including phenoxy) is 2. The van der Waals surface area contributed by atoms with Gasteiger partial charge in [-0.25, -0.2) is 17.5 Å². The molecule has 0 unspecified atom stereocenters. The Morgan fingerprint density at radius 2 is 1.88 bits per heavy atom. The number of rotatable bonds is 8. The van der Waals surface area contributed by atoms with Gasteiger partial charge in [0.25, 0.3) is 0 Å². The molecule has 3 aromatic rings. The van der Waals surface area contributed by atoms with Crippen molar-refractivity contribution in [2.75, 3.05) is 31.5 Å². The number of thioether (sulfide) groups is 1. The van der Waals surface area contributed by atoms with Crippen LogP contribution in [0.4, 0.5) is 15.9 Å². The summed E-state index contributed by atoms with van der Waals surface area (Å²) < 4.78 is 50.9. The number of nitrogen functional groups attached to an aromatic ring is 1. The summed E-state index contributed by atoms with van der Waals surface area (Å²) in [5.74, 6) is -0.355. The van der Waals surface area contributed by atoms with E-state index in [9.17, 15) is 17.6 Å². The normalized spacial score (nSPS) is 11.2. The van der Waals surface area contributed by atoms with Crippen LogP contribution < -0.4 is 20.5 Å². The van der Waals surface area contributed by atoms with Crippen LogP contribution in [0.25, 0.3) is 0 Å². The summed E-state index contributed by atoms with van der Waals surface area (Å²) in [6, 6.07) is 9.28. The molecule has 0 bridgehead atoms. The standard InChI is InChI=1S/C20H21FN4O5S2/c1-29-13-6-9-16(30-2)15(10-13)23-17(26)11-25-19(22)18(20(24-25)31-3)32(27,28)14-7-4-12(21)5-8-14/h4-10H,11,22H2,1-3H3,(H,23,26). The van der Waals surface area contributed by atoms with Crippen LogP contribution in [0.1, 0.15) is 0 Å². The summed E-state index contributed by atoms with van der Waals surface area (Å²) in [6.45, 7) is -0.349. The van der Waals surface area contributed by atoms with E-state index in [0.717, 1.165) is 40.7 Å². The van der Waals surface area contributed by atoms with Crippen molar-refractivity contribution in [1.82, 2.24) is 9.78 Å². The molecule has 32 heavy (non-hydrogen) atoms. The Kier molecular flexibility index (Phi) is 6.94. The van der Waals surface area contributed by atoms with Gasteiger partial charge in [0.15, 0.2) is 0 Å². The van der Waals surface area contributed by atoms with E-state index < -0.39 is 21.6 Å². The lowest BCUT2D eigenvalue weighted by atomic mass is 10.2. The Bertz CT molecular complexity index is 1240. The zero-order chi connectivity index (χ0) is 23.5. The van der Waals surface area contributed by atoms with Crippen LogP contribution in [0.3, 0.4) is 0 Å². The molecule has 0 spiro atoms. The average Bonchev–Trinajstić information content (AvgIpc) is 3.09. The molecule has 0 aliphatic carbocycles. The second kappa shape index (κ2) is 9.49. The molecule has 2 aromatic carbocycles. The molecule has 12 heteroatoms. The quantitative estimate of drug-likeness (QED) is 0.372. The van der Waals surface area contributed by atoms with Crippen LogP contribution in [-0.2, 0) is 21.2 Å². The number of amides is 1. The SMILES string of the molecule is COc1ccc(OC)c(NC(=O)Cn2nc(SC)c(S(=O)(=O)c3ccc(F)cc3)c2N)c1. The summed E-state index contributed by atoms with van der Waals surface area (Å²) in [4.78, 5) is 12.3. The fourth-order valence-electron chi connectivity index (χ4n) is 2.91. The van der Waals surface area contributed by atoms with Gasteiger partial charge in [-0.15, -0.1) is 11.8 Å². The Morgan fingerprint density at radius 3 is 2.47 bits per heavy atom. The largest absolute Gasteiger partial charge is 0.497 e. The first-order valence-electron chi connectivity index (χ1n) is 9.14. The van der Waals surface area contributed by atoms with Crippen LogP contribution in [-0.4, -0.2) is 44.6 Å². The van der Waals surface area contributed by atoms with Crippen molar-refractivity contribution in [3.05, 3.63) is 48.3 Å². The number of anilines is 2. The molecular formula is C20H21FN4O5S2. The molecule has 3 rings (SSSR count). The van der Waals surface area contributed by atoms with Crippen molar-refractivity contribution in [1.29, 1.82) is 0 Å². The van der Waals surface area contributed by atoms with Crippen LogP contribution >= 0.6 is 11.8 Å². The van der Waals surface area contributed by atoms with E-state index in [1.165, 1.54) is 14.2 Å². The number of nitrogens with zero attached hydrogens (tertiary/aromatic N) is 2. The number of hydrogen-bond donors (Lipinski definition) is 2. The first kappa shape index (κ1) is 23.4. The van der Waals surface area contributed by atoms with Crippen LogP contribution in [0.15, 0.2) is 57.3 Å². The van der Waals surface area contributed by atoms with E-state index in [1.54, 1.807) is 24.5 Å². The van der Waals surface area contributed by atoms with Crippen molar-refractivity contribution in [3.63, 3.8) is 0 Å². The maximum atomic E-state index is 13.2. The topological polar surface area (TPSA) is 126 Å². The third kappa shape index (κ3) is 4.65. The van der Waals surface area contributed by atoms with E-state index in [2.05, 4.69) is 10.4 Å². The van der Waals surface area contributed by atoms with Gasteiger partial charge < -0.3 is 20.5 Å². The van der Waals surface area contributed by atoms with Crippen molar-refractivity contribution in [2.45, 2.75) is 21.4 Å². The molecule has 0 saturated heterocycles. The number of methoxy groups -OCH3 is 2. The van der Waals surface area contributed by atoms with Crippen LogP contribution in [0.5, 0.6) is 11.5 Å². The van der Waals surface area contributed by atoms with Crippen molar-refractivity contribution >= 4 is 39.0 Å². The van der Waals surface area contributed by atoms with E-state index >= 15 is 0 Å². The number of nitrogens with two attached hydrogens (primary N) is 1. The fraction of sp³-hybridized carbons (Fsp3) is 0.200. The number of nitrogens with one attached hydrogen (secondary N) is 1. The molecule has 0 atom stereocenters. The number of hydrogen-bond acceptors (Lipinski definition) is 8.